The fourth-order valence-electron chi connectivity index (χ4n) is 0.351. The molecule has 3 nitrogen and oxygen atoms in total. The third kappa shape index (κ3) is 5.31. The highest BCUT2D eigenvalue weighted by molar-refractivity contribution is 5.81. The Balaban J connectivity index is 3.88. The minimum Gasteiger partial charge on any atom is -0.466 e. The minimum absolute atomic E-state index is 0.376. The Morgan fingerprint density at radius 2 is 2.10 bits per heavy atom. The van der Waals surface area contributed by atoms with Crippen molar-refractivity contribution in [3.63, 3.8) is 0 Å². The summed E-state index contributed by atoms with van der Waals surface area (Å²) in [6.07, 6.45) is 2.92. The fourth-order valence-corrected chi connectivity index (χ4v) is 0.351. The van der Waals surface area contributed by atoms with Gasteiger partial charge in [-0.15, -0.1) is 0 Å². The maximum atomic E-state index is 10.5. The van der Waals surface area contributed by atoms with E-state index >= 15 is 0 Å². The summed E-state index contributed by atoms with van der Waals surface area (Å²) in [4.78, 5) is 10.5. The number of nitrogens with two attached hydrogens (primary N) is 1. The maximum absolute atomic E-state index is 10.5. The predicted octanol–water partition coefficient (Wildman–Crippen LogP) is 0.453. The topological polar surface area (TPSA) is 52.3 Å². The Kier molecular flexibility index (Phi) is 3.09. The van der Waals surface area contributed by atoms with Crippen LogP contribution in [-0.2, 0) is 9.53 Å². The average molecular weight is 143 g/mol. The molecule has 3 heteroatoms. The van der Waals surface area contributed by atoms with Crippen molar-refractivity contribution in [3.05, 3.63) is 12.2 Å². The van der Waals surface area contributed by atoms with E-state index < -0.39 is 5.54 Å². The summed E-state index contributed by atoms with van der Waals surface area (Å²) in [5.41, 5.74) is 5.09. The third-order valence-corrected chi connectivity index (χ3v) is 0.850. The van der Waals surface area contributed by atoms with Crippen LogP contribution in [0.1, 0.15) is 13.8 Å². The zero-order valence-electron chi connectivity index (χ0n) is 6.55. The van der Waals surface area contributed by atoms with E-state index in [1.165, 1.54) is 13.2 Å². The smallest absolute Gasteiger partial charge is 0.330 e. The van der Waals surface area contributed by atoms with E-state index in [1.807, 2.05) is 0 Å². The van der Waals surface area contributed by atoms with Gasteiger partial charge in [-0.3, -0.25) is 0 Å². The van der Waals surface area contributed by atoms with Gasteiger partial charge >= 0.3 is 5.97 Å². The quantitative estimate of drug-likeness (QED) is 0.451. The van der Waals surface area contributed by atoms with Gasteiger partial charge in [0.15, 0.2) is 0 Å². The Morgan fingerprint density at radius 1 is 1.60 bits per heavy atom. The largest absolute Gasteiger partial charge is 0.466 e. The number of hydrogen-bond acceptors (Lipinski definition) is 3. The van der Waals surface area contributed by atoms with Crippen LogP contribution in [0, 0.1) is 0 Å². The Hall–Kier alpha value is -0.830. The molecule has 0 aliphatic heterocycles. The number of esters is 1. The number of rotatable bonds is 2. The molecule has 0 amide bonds. The molecule has 0 atom stereocenters. The number of carbonyl (C=O) groups is 1. The zero-order valence-corrected chi connectivity index (χ0v) is 6.55. The Labute approximate surface area is 60.9 Å². The van der Waals surface area contributed by atoms with Gasteiger partial charge in [0.05, 0.1) is 7.11 Å². The Morgan fingerprint density at radius 3 is 2.40 bits per heavy atom. The lowest BCUT2D eigenvalue weighted by molar-refractivity contribution is -0.134. The third-order valence-electron chi connectivity index (χ3n) is 0.850. The lowest BCUT2D eigenvalue weighted by Gasteiger charge is -2.10. The first-order valence-electron chi connectivity index (χ1n) is 3.02. The summed E-state index contributed by atoms with van der Waals surface area (Å²) in [6.45, 7) is 3.60. The molecule has 0 aliphatic carbocycles. The second kappa shape index (κ2) is 3.37. The van der Waals surface area contributed by atoms with E-state index in [0.717, 1.165) is 0 Å². The summed E-state index contributed by atoms with van der Waals surface area (Å²) >= 11 is 0. The van der Waals surface area contributed by atoms with E-state index in [2.05, 4.69) is 4.74 Å². The van der Waals surface area contributed by atoms with Crippen molar-refractivity contribution in [2.45, 2.75) is 19.4 Å². The second-order valence-corrected chi connectivity index (χ2v) is 2.68. The van der Waals surface area contributed by atoms with Crippen LogP contribution in [0.5, 0.6) is 0 Å². The van der Waals surface area contributed by atoms with Gasteiger partial charge in [0, 0.05) is 11.6 Å². The number of ether oxygens (including phenoxy) is 1. The molecule has 0 bridgehead atoms. The van der Waals surface area contributed by atoms with Gasteiger partial charge < -0.3 is 10.5 Å². The van der Waals surface area contributed by atoms with E-state index in [1.54, 1.807) is 19.9 Å². The molecule has 0 saturated carbocycles. The van der Waals surface area contributed by atoms with Gasteiger partial charge in [-0.1, -0.05) is 6.08 Å². The fraction of sp³-hybridized carbons (Fsp3) is 0.571. The molecule has 0 radical (unpaired) electrons. The van der Waals surface area contributed by atoms with Crippen LogP contribution < -0.4 is 5.73 Å². The lowest BCUT2D eigenvalue weighted by Crippen LogP contribution is -2.29. The molecule has 0 heterocycles. The second-order valence-electron chi connectivity index (χ2n) is 2.68. The summed E-state index contributed by atoms with van der Waals surface area (Å²) in [5.74, 6) is -0.376. The van der Waals surface area contributed by atoms with Gasteiger partial charge in [-0.05, 0) is 13.8 Å². The number of methoxy groups -OCH3 is 1. The first-order chi connectivity index (χ1) is 4.45. The summed E-state index contributed by atoms with van der Waals surface area (Å²) in [7, 11) is 1.33. The van der Waals surface area contributed by atoms with Gasteiger partial charge in [0.1, 0.15) is 0 Å². The van der Waals surface area contributed by atoms with Crippen LogP contribution in [0.2, 0.25) is 0 Å². The van der Waals surface area contributed by atoms with E-state index in [0.29, 0.717) is 0 Å². The van der Waals surface area contributed by atoms with Gasteiger partial charge in [0.25, 0.3) is 0 Å². The first-order valence-corrected chi connectivity index (χ1v) is 3.02. The van der Waals surface area contributed by atoms with Crippen molar-refractivity contribution in [2.75, 3.05) is 7.11 Å². The molecular formula is C7H13NO2. The summed E-state index contributed by atoms with van der Waals surface area (Å²) in [6, 6.07) is 0. The van der Waals surface area contributed by atoms with Gasteiger partial charge in [-0.25, -0.2) is 4.79 Å². The van der Waals surface area contributed by atoms with Crippen molar-refractivity contribution in [2.24, 2.45) is 5.73 Å². The zero-order chi connectivity index (χ0) is 8.20. The first kappa shape index (κ1) is 9.17. The molecule has 2 N–H and O–H groups in total. The molecule has 0 aromatic heterocycles. The molecule has 0 saturated heterocycles. The average Bonchev–Trinajstić information content (AvgIpc) is 1.81. The van der Waals surface area contributed by atoms with Gasteiger partial charge in [-0.2, -0.15) is 0 Å². The molecule has 0 rings (SSSR count). The molecule has 0 aromatic rings. The summed E-state index contributed by atoms with van der Waals surface area (Å²) in [5, 5.41) is 0. The predicted molar refractivity (Wildman–Crippen MR) is 39.4 cm³/mol. The molecule has 0 fully saturated rings. The van der Waals surface area contributed by atoms with Crippen molar-refractivity contribution in [3.8, 4) is 0 Å². The van der Waals surface area contributed by atoms with Crippen LogP contribution in [0.15, 0.2) is 12.2 Å². The monoisotopic (exact) mass is 143 g/mol. The lowest BCUT2D eigenvalue weighted by atomic mass is 10.1. The van der Waals surface area contributed by atoms with Crippen LogP contribution >= 0.6 is 0 Å². The SMILES string of the molecule is COC(=O)/C=C/C(C)(C)N. The normalized spacial score (nSPS) is 12.0. The maximum Gasteiger partial charge on any atom is 0.330 e. The molecule has 0 aromatic carbocycles. The van der Waals surface area contributed by atoms with Crippen LogP contribution in [0.25, 0.3) is 0 Å². The van der Waals surface area contributed by atoms with E-state index in [-0.39, 0.29) is 5.97 Å². The molecule has 0 aliphatic rings. The highest BCUT2D eigenvalue weighted by Gasteiger charge is 2.04. The van der Waals surface area contributed by atoms with E-state index in [4.69, 9.17) is 5.73 Å². The standard InChI is InChI=1S/C7H13NO2/c1-7(2,8)5-4-6(9)10-3/h4-5H,8H2,1-3H3/b5-4+. The molecular weight excluding hydrogens is 130 g/mol. The number of carbonyl (C=O) groups excluding carboxylic acids is 1. The van der Waals surface area contributed by atoms with Crippen LogP contribution in [0.3, 0.4) is 0 Å². The van der Waals surface area contributed by atoms with Crippen molar-refractivity contribution in [1.29, 1.82) is 0 Å². The van der Waals surface area contributed by atoms with Crippen molar-refractivity contribution >= 4 is 5.97 Å². The molecule has 10 heavy (non-hydrogen) atoms. The van der Waals surface area contributed by atoms with E-state index in [9.17, 15) is 4.79 Å². The van der Waals surface area contributed by atoms with Gasteiger partial charge in [0.2, 0.25) is 0 Å². The summed E-state index contributed by atoms with van der Waals surface area (Å²) < 4.78 is 4.36. The van der Waals surface area contributed by atoms with Crippen molar-refractivity contribution in [1.82, 2.24) is 0 Å². The molecule has 0 spiro atoms. The highest BCUT2D eigenvalue weighted by atomic mass is 16.5. The van der Waals surface area contributed by atoms with Crippen LogP contribution in [0.4, 0.5) is 0 Å². The highest BCUT2D eigenvalue weighted by Crippen LogP contribution is 1.97. The minimum atomic E-state index is -0.450. The Bertz CT molecular complexity index is 144. The van der Waals surface area contributed by atoms with Crippen molar-refractivity contribution < 1.29 is 9.53 Å². The molecule has 0 unspecified atom stereocenters. The van der Waals surface area contributed by atoms with Crippen LogP contribution in [-0.4, -0.2) is 18.6 Å². The molecule has 58 valence electrons. The number of hydrogen-bond donors (Lipinski definition) is 1.